The molecular weight excluding hydrogens is 441 g/mol. The Bertz CT molecular complexity index is 1300. The summed E-state index contributed by atoms with van der Waals surface area (Å²) in [7, 11) is -3.36. The average molecular weight is 462 g/mol. The van der Waals surface area contributed by atoms with Crippen molar-refractivity contribution in [1.82, 2.24) is 19.7 Å². The normalized spacial score (nSPS) is 14.1. The van der Waals surface area contributed by atoms with E-state index in [9.17, 15) is 21.6 Å². The highest BCUT2D eigenvalue weighted by atomic mass is 32.2. The van der Waals surface area contributed by atoms with Crippen molar-refractivity contribution >= 4 is 20.9 Å². The summed E-state index contributed by atoms with van der Waals surface area (Å²) in [6.45, 7) is 0.543. The highest BCUT2D eigenvalue weighted by Crippen LogP contribution is 2.27. The molecule has 1 aliphatic carbocycles. The Morgan fingerprint density at radius 2 is 1.78 bits per heavy atom. The number of imidazole rings is 1. The van der Waals surface area contributed by atoms with Crippen molar-refractivity contribution < 1.29 is 21.6 Å². The second-order valence-corrected chi connectivity index (χ2v) is 9.34. The zero-order chi connectivity index (χ0) is 22.7. The molecule has 2 aromatic heterocycles. The molecule has 3 N–H and O–H groups in total. The van der Waals surface area contributed by atoms with Crippen molar-refractivity contribution in [3.63, 3.8) is 0 Å². The zero-order valence-electron chi connectivity index (χ0n) is 16.9. The van der Waals surface area contributed by atoms with Crippen LogP contribution in [0.5, 0.6) is 0 Å². The van der Waals surface area contributed by atoms with Gasteiger partial charge in [-0.3, -0.25) is 0 Å². The van der Waals surface area contributed by atoms with Gasteiger partial charge in [0, 0.05) is 23.7 Å². The number of hydrogen-bond donors (Lipinski definition) is 3. The van der Waals surface area contributed by atoms with Gasteiger partial charge in [-0.1, -0.05) is 6.42 Å². The van der Waals surface area contributed by atoms with Crippen LogP contribution in [-0.4, -0.2) is 29.9 Å². The van der Waals surface area contributed by atoms with Gasteiger partial charge in [-0.2, -0.15) is 0 Å². The van der Waals surface area contributed by atoms with Gasteiger partial charge in [0.1, 0.15) is 17.5 Å². The third-order valence-electron chi connectivity index (χ3n) is 5.35. The second-order valence-electron chi connectivity index (χ2n) is 7.61. The van der Waals surface area contributed by atoms with Gasteiger partial charge in [0.15, 0.2) is 5.03 Å². The lowest BCUT2D eigenvalue weighted by Crippen LogP contribution is -2.32. The van der Waals surface area contributed by atoms with E-state index in [1.54, 1.807) is 18.2 Å². The summed E-state index contributed by atoms with van der Waals surface area (Å²) < 4.78 is 65.0. The molecular formula is C22H21F3N4O2S. The van der Waals surface area contributed by atoms with Crippen LogP contribution >= 0.6 is 0 Å². The number of aromatic nitrogens is 3. The van der Waals surface area contributed by atoms with E-state index >= 15 is 0 Å². The molecule has 0 radical (unpaired) electrons. The van der Waals surface area contributed by atoms with Crippen LogP contribution in [-0.2, 0) is 10.0 Å². The fraction of sp³-hybridized carbons (Fsp3) is 0.227. The van der Waals surface area contributed by atoms with E-state index in [0.29, 0.717) is 29.1 Å². The first kappa shape index (κ1) is 22.1. The van der Waals surface area contributed by atoms with Gasteiger partial charge in [0.05, 0.1) is 18.0 Å². The quantitative estimate of drug-likeness (QED) is 0.400. The molecule has 4 aromatic rings. The summed E-state index contributed by atoms with van der Waals surface area (Å²) >= 11 is 0. The van der Waals surface area contributed by atoms with Crippen LogP contribution in [0.1, 0.15) is 19.3 Å². The minimum absolute atomic E-state index is 0.136. The fourth-order valence-corrected chi connectivity index (χ4v) is 4.36. The Balaban J connectivity index is 0.000000158. The lowest BCUT2D eigenvalue weighted by Gasteiger charge is -2.24. The molecule has 5 rings (SSSR count). The topological polar surface area (TPSA) is 90.6 Å². The maximum atomic E-state index is 13.5. The summed E-state index contributed by atoms with van der Waals surface area (Å²) in [5.41, 5.74) is 1.58. The van der Waals surface area contributed by atoms with E-state index in [0.717, 1.165) is 18.9 Å². The van der Waals surface area contributed by atoms with Gasteiger partial charge < -0.3 is 9.97 Å². The van der Waals surface area contributed by atoms with Gasteiger partial charge >= 0.3 is 0 Å². The van der Waals surface area contributed by atoms with Gasteiger partial charge in [-0.25, -0.2) is 31.3 Å². The molecule has 6 nitrogen and oxygen atoms in total. The predicted octanol–water partition coefficient (Wildman–Crippen LogP) is 4.74. The van der Waals surface area contributed by atoms with Crippen molar-refractivity contribution in [2.24, 2.45) is 5.92 Å². The second kappa shape index (κ2) is 9.17. The number of nitrogens with zero attached hydrogens (tertiary/aromatic N) is 1. The molecule has 0 saturated heterocycles. The van der Waals surface area contributed by atoms with Crippen LogP contribution in [0.4, 0.5) is 13.2 Å². The molecule has 0 atom stereocenters. The van der Waals surface area contributed by atoms with E-state index in [-0.39, 0.29) is 16.4 Å². The first-order valence-corrected chi connectivity index (χ1v) is 11.5. The zero-order valence-corrected chi connectivity index (χ0v) is 17.7. The lowest BCUT2D eigenvalue weighted by molar-refractivity contribution is 0.316. The standard InChI is InChI=1S/C14H8F3N.C8H13N3O2S/c15-10-3-1-8(2-4-10)13-6-9-5-11(16)7-12(17)14(9)18-13;12-14(13,8-5-9-6-10-8)11-4-7-2-1-3-7/h1-7,18H;5-7,11H,1-4H2,(H,9,10). The Kier molecular flexibility index (Phi) is 6.33. The number of hydrogen-bond acceptors (Lipinski definition) is 3. The van der Waals surface area contributed by atoms with Crippen LogP contribution < -0.4 is 4.72 Å². The maximum absolute atomic E-state index is 13.5. The number of halogens is 3. The monoisotopic (exact) mass is 462 g/mol. The molecule has 0 spiro atoms. The minimum atomic E-state index is -3.36. The predicted molar refractivity (Wildman–Crippen MR) is 115 cm³/mol. The van der Waals surface area contributed by atoms with Crippen LogP contribution in [0.15, 0.2) is 60.0 Å². The molecule has 1 fully saturated rings. The Morgan fingerprint density at radius 1 is 1.03 bits per heavy atom. The fourth-order valence-electron chi connectivity index (χ4n) is 3.34. The van der Waals surface area contributed by atoms with Gasteiger partial charge in [-0.15, -0.1) is 0 Å². The molecule has 0 unspecified atom stereocenters. The summed E-state index contributed by atoms with van der Waals surface area (Å²) in [6, 6.07) is 9.50. The van der Waals surface area contributed by atoms with Crippen molar-refractivity contribution in [3.05, 3.63) is 72.4 Å². The van der Waals surface area contributed by atoms with Gasteiger partial charge in [0.25, 0.3) is 10.0 Å². The number of benzene rings is 2. The Labute approximate surface area is 182 Å². The van der Waals surface area contributed by atoms with E-state index in [2.05, 4.69) is 19.7 Å². The van der Waals surface area contributed by atoms with Crippen molar-refractivity contribution in [2.75, 3.05) is 6.54 Å². The first-order chi connectivity index (χ1) is 15.3. The third kappa shape index (κ3) is 5.03. The molecule has 1 saturated carbocycles. The highest BCUT2D eigenvalue weighted by Gasteiger charge is 2.21. The average Bonchev–Trinajstić information content (AvgIpc) is 3.38. The molecule has 1 aliphatic rings. The SMILES string of the molecule is Fc1ccc(-c2cc3cc(F)cc(F)c3[nH]2)cc1.O=S(=O)(NCC1CCC1)c1cnc[nH]1. The summed E-state index contributed by atoms with van der Waals surface area (Å²) in [4.78, 5) is 9.11. The summed E-state index contributed by atoms with van der Waals surface area (Å²) in [5.74, 6) is -1.08. The molecule has 32 heavy (non-hydrogen) atoms. The van der Waals surface area contributed by atoms with Gasteiger partial charge in [0.2, 0.25) is 0 Å². The van der Waals surface area contributed by atoms with E-state index in [1.165, 1.54) is 37.1 Å². The minimum Gasteiger partial charge on any atom is -0.352 e. The molecule has 168 valence electrons. The molecule has 2 aromatic carbocycles. The number of aromatic amines is 2. The van der Waals surface area contributed by atoms with Crippen molar-refractivity contribution in [1.29, 1.82) is 0 Å². The van der Waals surface area contributed by atoms with Crippen molar-refractivity contribution in [2.45, 2.75) is 24.3 Å². The Morgan fingerprint density at radius 3 is 2.41 bits per heavy atom. The molecule has 0 bridgehead atoms. The van der Waals surface area contributed by atoms with E-state index < -0.39 is 21.7 Å². The maximum Gasteiger partial charge on any atom is 0.257 e. The van der Waals surface area contributed by atoms with Crippen molar-refractivity contribution in [3.8, 4) is 11.3 Å². The molecule has 10 heteroatoms. The Hall–Kier alpha value is -3.11. The van der Waals surface area contributed by atoms with Crippen LogP contribution in [0.2, 0.25) is 0 Å². The smallest absolute Gasteiger partial charge is 0.257 e. The van der Waals surface area contributed by atoms with Crippen LogP contribution in [0.3, 0.4) is 0 Å². The van der Waals surface area contributed by atoms with Gasteiger partial charge in [-0.05, 0) is 60.7 Å². The number of sulfonamides is 1. The molecule has 0 amide bonds. The highest BCUT2D eigenvalue weighted by molar-refractivity contribution is 7.89. The summed E-state index contributed by atoms with van der Waals surface area (Å²) in [6.07, 6.45) is 6.15. The molecule has 0 aliphatic heterocycles. The van der Waals surface area contributed by atoms with E-state index in [1.807, 2.05) is 0 Å². The lowest BCUT2D eigenvalue weighted by atomic mass is 9.86. The number of nitrogens with one attached hydrogen (secondary N) is 3. The first-order valence-electron chi connectivity index (χ1n) is 10.0. The van der Waals surface area contributed by atoms with Crippen LogP contribution in [0, 0.1) is 23.4 Å². The largest absolute Gasteiger partial charge is 0.352 e. The number of rotatable bonds is 5. The molecule has 2 heterocycles. The summed E-state index contributed by atoms with van der Waals surface area (Å²) in [5, 5.41) is 0.587. The van der Waals surface area contributed by atoms with Crippen LogP contribution in [0.25, 0.3) is 22.2 Å². The number of H-pyrrole nitrogens is 2. The number of fused-ring (bicyclic) bond motifs is 1. The van der Waals surface area contributed by atoms with E-state index in [4.69, 9.17) is 0 Å². The third-order valence-corrected chi connectivity index (χ3v) is 6.70.